The minimum Gasteiger partial charge on any atom is -0.274 e. The van der Waals surface area contributed by atoms with E-state index in [1.165, 1.54) is 0 Å². The van der Waals surface area contributed by atoms with Crippen LogP contribution in [0, 0.1) is 0 Å². The molecule has 0 radical (unpaired) electrons. The number of para-hydroxylation sites is 1. The van der Waals surface area contributed by atoms with Crippen molar-refractivity contribution in [3.8, 4) is 0 Å². The summed E-state index contributed by atoms with van der Waals surface area (Å²) in [7, 11) is 0. The van der Waals surface area contributed by atoms with Gasteiger partial charge in [-0.3, -0.25) is 5.43 Å². The van der Waals surface area contributed by atoms with E-state index in [1.807, 2.05) is 17.6 Å². The normalized spacial score (nSPS) is 9.64. The first-order chi connectivity index (χ1) is 6.70. The summed E-state index contributed by atoms with van der Waals surface area (Å²) in [5.74, 6) is 10.5. The highest BCUT2D eigenvalue weighted by molar-refractivity contribution is 9.08. The predicted molar refractivity (Wildman–Crippen MR) is 58.5 cm³/mol. The van der Waals surface area contributed by atoms with Crippen LogP contribution in [0.5, 0.6) is 0 Å². The van der Waals surface area contributed by atoms with Crippen molar-refractivity contribution in [1.29, 1.82) is 0 Å². The highest BCUT2D eigenvalue weighted by Crippen LogP contribution is 2.20. The van der Waals surface area contributed by atoms with Gasteiger partial charge in [-0.2, -0.15) is 0 Å². The van der Waals surface area contributed by atoms with Crippen LogP contribution in [0.4, 0.5) is 10.5 Å². The summed E-state index contributed by atoms with van der Waals surface area (Å²) in [6.45, 7) is 0. The van der Waals surface area contributed by atoms with Crippen molar-refractivity contribution in [3.63, 3.8) is 0 Å². The SMILES string of the molecule is NNC(=O)N(N)c1ccccc1CBr. The molecule has 0 atom stereocenters. The van der Waals surface area contributed by atoms with Crippen LogP contribution in [0.3, 0.4) is 0 Å². The Morgan fingerprint density at radius 3 is 2.71 bits per heavy atom. The molecule has 0 aliphatic rings. The van der Waals surface area contributed by atoms with Gasteiger partial charge in [0, 0.05) is 5.33 Å². The number of benzene rings is 1. The van der Waals surface area contributed by atoms with Crippen LogP contribution in [0.15, 0.2) is 24.3 Å². The average molecular weight is 259 g/mol. The third-order valence-corrected chi connectivity index (χ3v) is 2.34. The Morgan fingerprint density at radius 2 is 2.14 bits per heavy atom. The van der Waals surface area contributed by atoms with Gasteiger partial charge in [-0.25, -0.2) is 21.5 Å². The molecule has 0 heterocycles. The molecule has 0 aliphatic carbocycles. The van der Waals surface area contributed by atoms with Crippen molar-refractivity contribution in [2.45, 2.75) is 5.33 Å². The van der Waals surface area contributed by atoms with E-state index in [1.54, 1.807) is 12.1 Å². The zero-order chi connectivity index (χ0) is 10.6. The Morgan fingerprint density at radius 1 is 1.50 bits per heavy atom. The van der Waals surface area contributed by atoms with Crippen LogP contribution in [-0.4, -0.2) is 6.03 Å². The summed E-state index contributed by atoms with van der Waals surface area (Å²) < 4.78 is 0. The molecule has 0 aromatic heterocycles. The van der Waals surface area contributed by atoms with Gasteiger partial charge in [0.25, 0.3) is 0 Å². The molecule has 0 saturated carbocycles. The molecule has 1 aromatic rings. The number of nitrogens with one attached hydrogen (secondary N) is 1. The van der Waals surface area contributed by atoms with Crippen LogP contribution in [0.2, 0.25) is 0 Å². The molecule has 0 fully saturated rings. The molecule has 6 heteroatoms. The van der Waals surface area contributed by atoms with Crippen LogP contribution in [0.25, 0.3) is 0 Å². The lowest BCUT2D eigenvalue weighted by atomic mass is 10.2. The minimum atomic E-state index is -0.557. The third-order valence-electron chi connectivity index (χ3n) is 1.74. The number of halogens is 1. The predicted octanol–water partition coefficient (Wildman–Crippen LogP) is 0.845. The fourth-order valence-electron chi connectivity index (χ4n) is 1.04. The van der Waals surface area contributed by atoms with E-state index < -0.39 is 6.03 Å². The lowest BCUT2D eigenvalue weighted by Gasteiger charge is -2.18. The van der Waals surface area contributed by atoms with Gasteiger partial charge in [-0.1, -0.05) is 34.1 Å². The summed E-state index contributed by atoms with van der Waals surface area (Å²) in [6.07, 6.45) is 0. The summed E-state index contributed by atoms with van der Waals surface area (Å²) in [5, 5.41) is 1.59. The number of nitrogens with zero attached hydrogens (tertiary/aromatic N) is 1. The summed E-state index contributed by atoms with van der Waals surface area (Å²) in [5.41, 5.74) is 3.49. The number of carbonyl (C=O) groups excluding carboxylic acids is 1. The maximum absolute atomic E-state index is 11.1. The molecule has 1 rings (SSSR count). The highest BCUT2D eigenvalue weighted by Gasteiger charge is 2.12. The van der Waals surface area contributed by atoms with Crippen LogP contribution in [0.1, 0.15) is 5.56 Å². The summed E-state index contributed by atoms with van der Waals surface area (Å²) in [6, 6.07) is 6.72. The van der Waals surface area contributed by atoms with E-state index in [2.05, 4.69) is 15.9 Å². The molecular formula is C8H11BrN4O. The van der Waals surface area contributed by atoms with Gasteiger partial charge in [-0.15, -0.1) is 0 Å². The molecule has 5 nitrogen and oxygen atoms in total. The highest BCUT2D eigenvalue weighted by atomic mass is 79.9. The number of rotatable bonds is 2. The Kier molecular flexibility index (Phi) is 3.87. The fourth-order valence-corrected chi connectivity index (χ4v) is 1.51. The quantitative estimate of drug-likeness (QED) is 0.318. The Bertz CT molecular complexity index is 331. The van der Waals surface area contributed by atoms with Crippen LogP contribution >= 0.6 is 15.9 Å². The van der Waals surface area contributed by atoms with Gasteiger partial charge in [0.05, 0.1) is 5.69 Å². The van der Waals surface area contributed by atoms with Crippen molar-refractivity contribution in [1.82, 2.24) is 5.43 Å². The van der Waals surface area contributed by atoms with E-state index in [0.717, 1.165) is 10.6 Å². The Balaban J connectivity index is 2.99. The molecule has 0 aliphatic heterocycles. The topological polar surface area (TPSA) is 84.4 Å². The molecule has 76 valence electrons. The smallest absolute Gasteiger partial charge is 0.274 e. The second kappa shape index (κ2) is 4.94. The first kappa shape index (κ1) is 11.0. The molecule has 1 aromatic carbocycles. The van der Waals surface area contributed by atoms with E-state index in [-0.39, 0.29) is 0 Å². The van der Waals surface area contributed by atoms with Crippen molar-refractivity contribution >= 4 is 27.6 Å². The number of hydrogen-bond acceptors (Lipinski definition) is 3. The van der Waals surface area contributed by atoms with Gasteiger partial charge < -0.3 is 0 Å². The zero-order valence-corrected chi connectivity index (χ0v) is 8.99. The number of urea groups is 1. The molecule has 5 N–H and O–H groups in total. The molecule has 0 saturated heterocycles. The van der Waals surface area contributed by atoms with E-state index in [4.69, 9.17) is 11.7 Å². The lowest BCUT2D eigenvalue weighted by molar-refractivity contribution is 0.246. The number of hydrazine groups is 2. The average Bonchev–Trinajstić information content (AvgIpc) is 2.26. The number of carbonyl (C=O) groups is 1. The summed E-state index contributed by atoms with van der Waals surface area (Å²) >= 11 is 3.30. The second-order valence-electron chi connectivity index (χ2n) is 2.58. The van der Waals surface area contributed by atoms with Gasteiger partial charge >= 0.3 is 6.03 Å². The maximum atomic E-state index is 11.1. The van der Waals surface area contributed by atoms with Gasteiger partial charge in [0.1, 0.15) is 0 Å². The van der Waals surface area contributed by atoms with Crippen LogP contribution < -0.4 is 22.1 Å². The standard InChI is InChI=1S/C8H11BrN4O/c9-5-6-3-1-2-4-7(6)13(11)8(14)12-10/h1-4H,5,10-11H2,(H,12,14). The van der Waals surface area contributed by atoms with Crippen LogP contribution in [-0.2, 0) is 5.33 Å². The first-order valence-electron chi connectivity index (χ1n) is 3.90. The second-order valence-corrected chi connectivity index (χ2v) is 3.14. The molecule has 14 heavy (non-hydrogen) atoms. The molecule has 0 spiro atoms. The van der Waals surface area contributed by atoms with Crippen molar-refractivity contribution < 1.29 is 4.79 Å². The van der Waals surface area contributed by atoms with Crippen molar-refractivity contribution in [2.75, 3.05) is 5.01 Å². The maximum Gasteiger partial charge on any atom is 0.350 e. The summed E-state index contributed by atoms with van der Waals surface area (Å²) in [4.78, 5) is 11.1. The zero-order valence-electron chi connectivity index (χ0n) is 7.40. The van der Waals surface area contributed by atoms with E-state index in [0.29, 0.717) is 11.0 Å². The number of amides is 2. The molecule has 0 unspecified atom stereocenters. The van der Waals surface area contributed by atoms with E-state index in [9.17, 15) is 4.79 Å². The van der Waals surface area contributed by atoms with Crippen molar-refractivity contribution in [2.24, 2.45) is 11.7 Å². The third kappa shape index (κ3) is 2.22. The lowest BCUT2D eigenvalue weighted by Crippen LogP contribution is -2.48. The van der Waals surface area contributed by atoms with Gasteiger partial charge in [0.15, 0.2) is 0 Å². The first-order valence-corrected chi connectivity index (χ1v) is 5.02. The van der Waals surface area contributed by atoms with Crippen molar-refractivity contribution in [3.05, 3.63) is 29.8 Å². The van der Waals surface area contributed by atoms with E-state index >= 15 is 0 Å². The van der Waals surface area contributed by atoms with Gasteiger partial charge in [-0.05, 0) is 11.6 Å². The number of nitrogens with two attached hydrogens (primary N) is 2. The number of anilines is 1. The Labute approximate surface area is 90.1 Å². The van der Waals surface area contributed by atoms with Gasteiger partial charge in [0.2, 0.25) is 0 Å². The minimum absolute atomic E-state index is 0.557. The number of alkyl halides is 1. The Hall–Kier alpha value is -1.11. The molecule has 2 amide bonds. The molecular weight excluding hydrogens is 248 g/mol. The number of hydrogen-bond donors (Lipinski definition) is 3. The largest absolute Gasteiger partial charge is 0.350 e. The monoisotopic (exact) mass is 258 g/mol. The fraction of sp³-hybridized carbons (Fsp3) is 0.125. The molecule has 0 bridgehead atoms.